The van der Waals surface area contributed by atoms with Crippen LogP contribution in [0.1, 0.15) is 181 Å². The van der Waals surface area contributed by atoms with Gasteiger partial charge in [-0.05, 0) is 96.3 Å². The molecule has 7 unspecified atom stereocenters. The fourth-order valence-corrected chi connectivity index (χ4v) is 7.52. The maximum Gasteiger partial charge on any atom is 0.220 e. The largest absolute Gasteiger partial charge is 0.394 e. The number of nitrogens with one attached hydrogen (secondary N) is 1. The molecular weight excluding hydrogens is 863 g/mol. The predicted octanol–water partition coefficient (Wildman–Crippen LogP) is 12.9. The number of hydrogen-bond donors (Lipinski definition) is 6. The Morgan fingerprint density at radius 3 is 1.32 bits per heavy atom. The number of allylic oxidation sites excluding steroid dienone is 22. The zero-order valence-corrected chi connectivity index (χ0v) is 43.0. The van der Waals surface area contributed by atoms with Crippen molar-refractivity contribution < 1.29 is 39.8 Å². The molecule has 0 radical (unpaired) electrons. The van der Waals surface area contributed by atoms with Gasteiger partial charge in [0.25, 0.3) is 0 Å². The SMILES string of the molecule is CC/C=C\C/C=C\C/C=C\C/C=C\C/C=C\C/C=C\C/C=C\C/C=C\C/C=C\C/C=C\C/C=C\CCCCCC(=O)NC(COC1OC(CO)C(O)C(O)C1O)C(O)CCCCCCCCCCC. The first-order valence-electron chi connectivity index (χ1n) is 26.9. The highest BCUT2D eigenvalue weighted by Crippen LogP contribution is 2.23. The first kappa shape index (κ1) is 63.3. The summed E-state index contributed by atoms with van der Waals surface area (Å²) in [5, 5.41) is 54.3. The molecule has 69 heavy (non-hydrogen) atoms. The van der Waals surface area contributed by atoms with Gasteiger partial charge in [-0.25, -0.2) is 0 Å². The van der Waals surface area contributed by atoms with E-state index < -0.39 is 49.5 Å². The van der Waals surface area contributed by atoms with Crippen molar-refractivity contribution in [1.82, 2.24) is 5.32 Å². The van der Waals surface area contributed by atoms with Gasteiger partial charge in [0.05, 0.1) is 25.4 Å². The van der Waals surface area contributed by atoms with Gasteiger partial charge in [0.1, 0.15) is 24.4 Å². The highest BCUT2D eigenvalue weighted by Gasteiger charge is 2.44. The highest BCUT2D eigenvalue weighted by atomic mass is 16.7. The Labute approximate surface area is 420 Å². The van der Waals surface area contributed by atoms with Gasteiger partial charge in [-0.2, -0.15) is 0 Å². The summed E-state index contributed by atoms with van der Waals surface area (Å²) in [6.45, 7) is 3.65. The molecular formula is C60H97NO8. The summed E-state index contributed by atoms with van der Waals surface area (Å²) in [5.74, 6) is -0.185. The van der Waals surface area contributed by atoms with Crippen LogP contribution in [-0.4, -0.2) is 87.5 Å². The van der Waals surface area contributed by atoms with E-state index in [4.69, 9.17) is 9.47 Å². The van der Waals surface area contributed by atoms with E-state index in [1.165, 1.54) is 38.5 Å². The van der Waals surface area contributed by atoms with Crippen molar-refractivity contribution in [2.45, 2.75) is 224 Å². The molecule has 9 nitrogen and oxygen atoms in total. The average Bonchev–Trinajstić information content (AvgIpc) is 3.35. The molecule has 0 aromatic heterocycles. The number of hydrogen-bond acceptors (Lipinski definition) is 8. The minimum Gasteiger partial charge on any atom is -0.394 e. The number of carbonyl (C=O) groups excluding carboxylic acids is 1. The summed E-state index contributed by atoms with van der Waals surface area (Å²) >= 11 is 0. The van der Waals surface area contributed by atoms with Crippen molar-refractivity contribution in [1.29, 1.82) is 0 Å². The Bertz CT molecular complexity index is 1530. The van der Waals surface area contributed by atoms with Crippen molar-refractivity contribution in [3.8, 4) is 0 Å². The fourth-order valence-electron chi connectivity index (χ4n) is 7.52. The van der Waals surface area contributed by atoms with Crippen LogP contribution in [0.4, 0.5) is 0 Å². The van der Waals surface area contributed by atoms with Gasteiger partial charge in [0, 0.05) is 6.42 Å². The first-order valence-corrected chi connectivity index (χ1v) is 26.9. The number of aliphatic hydroxyl groups is 5. The summed E-state index contributed by atoms with van der Waals surface area (Å²) in [4.78, 5) is 13.0. The lowest BCUT2D eigenvalue weighted by molar-refractivity contribution is -0.302. The van der Waals surface area contributed by atoms with Crippen LogP contribution < -0.4 is 5.32 Å². The molecule has 6 N–H and O–H groups in total. The number of carbonyl (C=O) groups is 1. The summed E-state index contributed by atoms with van der Waals surface area (Å²) in [6, 6.07) is -0.745. The lowest BCUT2D eigenvalue weighted by Crippen LogP contribution is -2.60. The van der Waals surface area contributed by atoms with E-state index in [1.807, 2.05) is 0 Å². The molecule has 1 amide bonds. The van der Waals surface area contributed by atoms with Crippen LogP contribution in [0.25, 0.3) is 0 Å². The Hall–Kier alpha value is -3.67. The molecule has 1 rings (SSSR count). The maximum atomic E-state index is 13.0. The molecule has 390 valence electrons. The van der Waals surface area contributed by atoms with Crippen LogP contribution in [0, 0.1) is 0 Å². The number of aliphatic hydroxyl groups excluding tert-OH is 5. The summed E-state index contributed by atoms with van der Waals surface area (Å²) < 4.78 is 11.2. The van der Waals surface area contributed by atoms with Crippen LogP contribution in [-0.2, 0) is 14.3 Å². The maximum absolute atomic E-state index is 13.0. The Kier molecular flexibility index (Phi) is 44.0. The summed E-state index contributed by atoms with van der Waals surface area (Å²) in [7, 11) is 0. The van der Waals surface area contributed by atoms with Gasteiger partial charge in [0.2, 0.25) is 5.91 Å². The molecule has 1 heterocycles. The molecule has 1 fully saturated rings. The average molecular weight is 960 g/mol. The quantitative estimate of drug-likeness (QED) is 0.0261. The fraction of sp³-hybridized carbons (Fsp3) is 0.617. The molecule has 0 spiro atoms. The summed E-state index contributed by atoms with van der Waals surface area (Å²) in [6.07, 6.45) is 66.3. The highest BCUT2D eigenvalue weighted by molar-refractivity contribution is 5.76. The van der Waals surface area contributed by atoms with Gasteiger partial charge in [-0.3, -0.25) is 4.79 Å². The Balaban J connectivity index is 2.19. The van der Waals surface area contributed by atoms with Crippen LogP contribution >= 0.6 is 0 Å². The van der Waals surface area contributed by atoms with Crippen molar-refractivity contribution in [2.24, 2.45) is 0 Å². The second-order valence-corrected chi connectivity index (χ2v) is 17.9. The number of amides is 1. The minimum atomic E-state index is -1.57. The predicted molar refractivity (Wildman–Crippen MR) is 290 cm³/mol. The van der Waals surface area contributed by atoms with E-state index in [-0.39, 0.29) is 12.5 Å². The molecule has 7 atom stereocenters. The minimum absolute atomic E-state index is 0.161. The first-order chi connectivity index (χ1) is 33.8. The number of rotatable bonds is 43. The summed E-state index contributed by atoms with van der Waals surface area (Å²) in [5.41, 5.74) is 0. The van der Waals surface area contributed by atoms with E-state index in [2.05, 4.69) is 153 Å². The monoisotopic (exact) mass is 960 g/mol. The second-order valence-electron chi connectivity index (χ2n) is 17.9. The van der Waals surface area contributed by atoms with E-state index in [1.54, 1.807) is 0 Å². The Morgan fingerprint density at radius 1 is 0.507 bits per heavy atom. The molecule has 1 aliphatic rings. The zero-order chi connectivity index (χ0) is 50.1. The lowest BCUT2D eigenvalue weighted by Gasteiger charge is -2.40. The molecule has 0 aliphatic carbocycles. The lowest BCUT2D eigenvalue weighted by atomic mass is 9.99. The number of unbranched alkanes of at least 4 members (excludes halogenated alkanes) is 11. The van der Waals surface area contributed by atoms with Gasteiger partial charge < -0.3 is 40.3 Å². The third-order valence-electron chi connectivity index (χ3n) is 11.8. The van der Waals surface area contributed by atoms with Gasteiger partial charge >= 0.3 is 0 Å². The van der Waals surface area contributed by atoms with Crippen LogP contribution in [0.2, 0.25) is 0 Å². The zero-order valence-electron chi connectivity index (χ0n) is 43.0. The molecule has 0 aromatic carbocycles. The van der Waals surface area contributed by atoms with E-state index in [0.29, 0.717) is 12.8 Å². The standard InChI is InChI=1S/C60H97NO8/c1-3-5-7-9-11-13-14-15-16-17-18-19-20-21-22-23-24-25-26-27-28-29-30-31-32-33-34-35-36-37-38-39-40-42-44-46-48-50-56(64)61-53(54(63)49-47-45-43-41-12-10-8-6-4-2)52-68-60-59(67)58(66)57(65)55(51-62)69-60/h5,7,11,13,15-16,18-19,21-22,24-25,27-28,30-31,33-34,36-37,39-40,53-55,57-60,62-63,65-67H,3-4,6,8-10,12,14,17,20,23,26,29,32,35,38,41-52H2,1-2H3,(H,61,64)/b7-5-,13-11-,16-15-,19-18-,22-21-,25-24-,28-27-,31-30-,34-33-,37-36-,40-39-. The molecule has 0 aromatic rings. The van der Waals surface area contributed by atoms with Crippen LogP contribution in [0.5, 0.6) is 0 Å². The number of ether oxygens (including phenoxy) is 2. The topological polar surface area (TPSA) is 149 Å². The van der Waals surface area contributed by atoms with E-state index in [0.717, 1.165) is 116 Å². The third kappa shape index (κ3) is 37.8. The van der Waals surface area contributed by atoms with Crippen molar-refractivity contribution in [3.05, 3.63) is 134 Å². The second kappa shape index (κ2) is 48.0. The molecule has 9 heteroatoms. The van der Waals surface area contributed by atoms with Crippen LogP contribution in [0.3, 0.4) is 0 Å². The third-order valence-corrected chi connectivity index (χ3v) is 11.8. The smallest absolute Gasteiger partial charge is 0.220 e. The van der Waals surface area contributed by atoms with E-state index in [9.17, 15) is 30.3 Å². The molecule has 1 aliphatic heterocycles. The van der Waals surface area contributed by atoms with Crippen molar-refractivity contribution in [2.75, 3.05) is 13.2 Å². The van der Waals surface area contributed by atoms with Crippen molar-refractivity contribution in [3.63, 3.8) is 0 Å². The van der Waals surface area contributed by atoms with Crippen molar-refractivity contribution >= 4 is 5.91 Å². The van der Waals surface area contributed by atoms with Gasteiger partial charge in [-0.15, -0.1) is 0 Å². The van der Waals surface area contributed by atoms with E-state index >= 15 is 0 Å². The normalized spacial score (nSPS) is 20.6. The van der Waals surface area contributed by atoms with Gasteiger partial charge in [0.15, 0.2) is 6.29 Å². The Morgan fingerprint density at radius 2 is 0.899 bits per heavy atom. The van der Waals surface area contributed by atoms with Gasteiger partial charge in [-0.1, -0.05) is 212 Å². The molecule has 1 saturated heterocycles. The molecule has 0 bridgehead atoms. The molecule has 0 saturated carbocycles. The van der Waals surface area contributed by atoms with Crippen LogP contribution in [0.15, 0.2) is 134 Å².